The van der Waals surface area contributed by atoms with Gasteiger partial charge >= 0.3 is 0 Å². The summed E-state index contributed by atoms with van der Waals surface area (Å²) in [5.74, 6) is -0.306. The van der Waals surface area contributed by atoms with Crippen LogP contribution in [-0.4, -0.2) is 29.9 Å². The van der Waals surface area contributed by atoms with E-state index in [9.17, 15) is 9.18 Å². The number of ether oxygens (including phenoxy) is 1. The first-order valence-corrected chi connectivity index (χ1v) is 6.51. The van der Waals surface area contributed by atoms with E-state index in [2.05, 4.69) is 4.98 Å². The van der Waals surface area contributed by atoms with Crippen LogP contribution in [0.5, 0.6) is 5.75 Å². The molecule has 110 valence electrons. The molecule has 0 atom stereocenters. The van der Waals surface area contributed by atoms with Gasteiger partial charge in [-0.05, 0) is 19.1 Å². The molecule has 2 aromatic rings. The van der Waals surface area contributed by atoms with Crippen LogP contribution in [0.15, 0.2) is 36.7 Å². The number of carbonyl (C=O) groups is 1. The lowest BCUT2D eigenvalue weighted by Crippen LogP contribution is -2.27. The minimum atomic E-state index is -0.620. The molecule has 0 aliphatic rings. The van der Waals surface area contributed by atoms with Crippen LogP contribution in [0.3, 0.4) is 0 Å². The van der Waals surface area contributed by atoms with Gasteiger partial charge in [0, 0.05) is 25.4 Å². The van der Waals surface area contributed by atoms with Crippen LogP contribution in [0.4, 0.5) is 4.39 Å². The molecule has 4 nitrogen and oxygen atoms in total. The first-order chi connectivity index (χ1) is 10.0. The Labute approximate surface area is 123 Å². The number of benzene rings is 1. The minimum absolute atomic E-state index is 0.0131. The van der Waals surface area contributed by atoms with Crippen molar-refractivity contribution >= 4 is 5.91 Å². The van der Waals surface area contributed by atoms with E-state index in [4.69, 9.17) is 4.74 Å². The fourth-order valence-electron chi connectivity index (χ4n) is 2.11. The molecule has 0 radical (unpaired) electrons. The van der Waals surface area contributed by atoms with Crippen molar-refractivity contribution in [3.63, 3.8) is 0 Å². The highest BCUT2D eigenvalue weighted by atomic mass is 19.1. The van der Waals surface area contributed by atoms with Gasteiger partial charge in [-0.1, -0.05) is 17.7 Å². The maximum absolute atomic E-state index is 13.6. The fraction of sp³-hybridized carbons (Fsp3) is 0.250. The summed E-state index contributed by atoms with van der Waals surface area (Å²) in [7, 11) is 3.21. The van der Waals surface area contributed by atoms with Gasteiger partial charge in [0.25, 0.3) is 5.91 Å². The van der Waals surface area contributed by atoms with Crippen LogP contribution in [-0.2, 0) is 6.54 Å². The number of hydrogen-bond acceptors (Lipinski definition) is 3. The van der Waals surface area contributed by atoms with E-state index in [1.54, 1.807) is 14.2 Å². The predicted molar refractivity (Wildman–Crippen MR) is 77.7 cm³/mol. The van der Waals surface area contributed by atoms with Gasteiger partial charge in [0.05, 0.1) is 18.9 Å². The summed E-state index contributed by atoms with van der Waals surface area (Å²) in [6.45, 7) is 2.30. The van der Waals surface area contributed by atoms with Gasteiger partial charge in [-0.3, -0.25) is 9.78 Å². The third-order valence-electron chi connectivity index (χ3n) is 3.19. The number of hydrogen-bond donors (Lipinski definition) is 0. The summed E-state index contributed by atoms with van der Waals surface area (Å²) in [6.07, 6.45) is 2.44. The summed E-state index contributed by atoms with van der Waals surface area (Å²) >= 11 is 0. The molecule has 5 heteroatoms. The Kier molecular flexibility index (Phi) is 4.52. The number of aryl methyl sites for hydroxylation is 1. The molecule has 2 rings (SSSR count). The van der Waals surface area contributed by atoms with Crippen molar-refractivity contribution in [2.24, 2.45) is 0 Å². The number of methoxy groups -OCH3 is 1. The number of halogens is 1. The molecule has 0 saturated carbocycles. The summed E-state index contributed by atoms with van der Waals surface area (Å²) in [6, 6.07) is 7.12. The second-order valence-corrected chi connectivity index (χ2v) is 4.83. The largest absolute Gasteiger partial charge is 0.496 e. The van der Waals surface area contributed by atoms with E-state index in [1.807, 2.05) is 25.1 Å². The smallest absolute Gasteiger partial charge is 0.256 e. The highest BCUT2D eigenvalue weighted by Gasteiger charge is 2.17. The summed E-state index contributed by atoms with van der Waals surface area (Å²) in [5.41, 5.74) is 1.96. The molecule has 1 aromatic carbocycles. The zero-order valence-electron chi connectivity index (χ0n) is 12.3. The van der Waals surface area contributed by atoms with E-state index < -0.39 is 11.7 Å². The molecular formula is C16H17FN2O2. The van der Waals surface area contributed by atoms with Gasteiger partial charge < -0.3 is 9.64 Å². The molecule has 0 fully saturated rings. The first kappa shape index (κ1) is 15.0. The van der Waals surface area contributed by atoms with E-state index in [1.165, 1.54) is 17.2 Å². The van der Waals surface area contributed by atoms with Gasteiger partial charge in [-0.15, -0.1) is 0 Å². The molecule has 1 heterocycles. The number of aromatic nitrogens is 1. The lowest BCUT2D eigenvalue weighted by atomic mass is 10.1. The summed E-state index contributed by atoms with van der Waals surface area (Å²) in [4.78, 5) is 17.4. The van der Waals surface area contributed by atoms with Crippen LogP contribution in [0.2, 0.25) is 0 Å². The minimum Gasteiger partial charge on any atom is -0.496 e. The number of rotatable bonds is 4. The third kappa shape index (κ3) is 3.37. The highest BCUT2D eigenvalue weighted by Crippen LogP contribution is 2.21. The normalized spacial score (nSPS) is 10.3. The van der Waals surface area contributed by atoms with E-state index in [0.717, 1.165) is 17.3 Å². The Bertz CT molecular complexity index is 658. The number of carbonyl (C=O) groups excluding carboxylic acids is 1. The Morgan fingerprint density at radius 1 is 1.38 bits per heavy atom. The van der Waals surface area contributed by atoms with Crippen molar-refractivity contribution in [2.45, 2.75) is 13.5 Å². The third-order valence-corrected chi connectivity index (χ3v) is 3.19. The molecule has 0 unspecified atom stereocenters. The van der Waals surface area contributed by atoms with Crippen molar-refractivity contribution in [1.82, 2.24) is 9.88 Å². The van der Waals surface area contributed by atoms with Gasteiger partial charge in [0.1, 0.15) is 5.75 Å². The Balaban J connectivity index is 2.22. The van der Waals surface area contributed by atoms with Crippen LogP contribution >= 0.6 is 0 Å². The number of nitrogens with zero attached hydrogens (tertiary/aromatic N) is 2. The Morgan fingerprint density at radius 3 is 2.81 bits per heavy atom. The standard InChI is InChI=1S/C16H17FN2O2/c1-11-4-5-15(21-3)12(8-11)10-19(2)16(20)13-6-7-18-9-14(13)17/h4-9H,10H2,1-3H3. The lowest BCUT2D eigenvalue weighted by molar-refractivity contribution is 0.0779. The molecule has 0 bridgehead atoms. The monoisotopic (exact) mass is 288 g/mol. The van der Waals surface area contributed by atoms with Crippen LogP contribution < -0.4 is 4.74 Å². The highest BCUT2D eigenvalue weighted by molar-refractivity contribution is 5.94. The van der Waals surface area contributed by atoms with Crippen molar-refractivity contribution < 1.29 is 13.9 Å². The molecule has 0 N–H and O–H groups in total. The summed E-state index contributed by atoms with van der Waals surface area (Å²) in [5, 5.41) is 0. The maximum atomic E-state index is 13.6. The predicted octanol–water partition coefficient (Wildman–Crippen LogP) is 2.81. The maximum Gasteiger partial charge on any atom is 0.256 e. The van der Waals surface area contributed by atoms with E-state index in [0.29, 0.717) is 12.3 Å². The van der Waals surface area contributed by atoms with Gasteiger partial charge in [0.15, 0.2) is 5.82 Å². The SMILES string of the molecule is COc1ccc(C)cc1CN(C)C(=O)c1ccncc1F. The number of pyridine rings is 1. The van der Waals surface area contributed by atoms with Crippen LogP contribution in [0.1, 0.15) is 21.5 Å². The van der Waals surface area contributed by atoms with E-state index in [-0.39, 0.29) is 5.56 Å². The zero-order valence-corrected chi connectivity index (χ0v) is 12.3. The van der Waals surface area contributed by atoms with Crippen molar-refractivity contribution in [2.75, 3.05) is 14.2 Å². The van der Waals surface area contributed by atoms with Gasteiger partial charge in [0.2, 0.25) is 0 Å². The topological polar surface area (TPSA) is 42.4 Å². The van der Waals surface area contributed by atoms with Crippen molar-refractivity contribution in [3.05, 3.63) is 59.2 Å². The molecule has 0 aliphatic heterocycles. The quantitative estimate of drug-likeness (QED) is 0.869. The van der Waals surface area contributed by atoms with Crippen molar-refractivity contribution in [1.29, 1.82) is 0 Å². The second kappa shape index (κ2) is 6.35. The lowest BCUT2D eigenvalue weighted by Gasteiger charge is -2.19. The Hall–Kier alpha value is -2.43. The molecular weight excluding hydrogens is 271 g/mol. The van der Waals surface area contributed by atoms with Crippen LogP contribution in [0.25, 0.3) is 0 Å². The average molecular weight is 288 g/mol. The summed E-state index contributed by atoms with van der Waals surface area (Å²) < 4.78 is 18.9. The van der Waals surface area contributed by atoms with Gasteiger partial charge in [-0.25, -0.2) is 4.39 Å². The average Bonchev–Trinajstić information content (AvgIpc) is 2.47. The molecule has 0 aliphatic carbocycles. The fourth-order valence-corrected chi connectivity index (χ4v) is 2.11. The molecule has 0 saturated heterocycles. The zero-order chi connectivity index (χ0) is 15.4. The Morgan fingerprint density at radius 2 is 2.14 bits per heavy atom. The van der Waals surface area contributed by atoms with Crippen molar-refractivity contribution in [3.8, 4) is 5.75 Å². The molecule has 0 spiro atoms. The van der Waals surface area contributed by atoms with E-state index >= 15 is 0 Å². The molecule has 21 heavy (non-hydrogen) atoms. The first-order valence-electron chi connectivity index (χ1n) is 6.51. The molecule has 1 amide bonds. The van der Waals surface area contributed by atoms with Crippen LogP contribution in [0, 0.1) is 12.7 Å². The van der Waals surface area contributed by atoms with Gasteiger partial charge in [-0.2, -0.15) is 0 Å². The molecule has 1 aromatic heterocycles. The number of amides is 1. The second-order valence-electron chi connectivity index (χ2n) is 4.83.